The molecule has 1 aromatic rings. The van der Waals surface area contributed by atoms with E-state index < -0.39 is 18.0 Å². The van der Waals surface area contributed by atoms with E-state index in [-0.39, 0.29) is 6.42 Å². The Hall–Kier alpha value is -2.12. The molecule has 1 unspecified atom stereocenters. The standard InChI is InChI=1S/C10H16N4O4/c1-6(5-9(15)16)12-10(17)11-4-3-8-13-7(2)14-18-8/h6H,3-5H2,1-2H3,(H,15,16)(H2,11,12,17). The first kappa shape index (κ1) is 13.9. The number of rotatable bonds is 6. The Labute approximate surface area is 104 Å². The number of nitrogens with zero attached hydrogens (tertiary/aromatic N) is 2. The van der Waals surface area contributed by atoms with Crippen molar-refractivity contribution in [2.75, 3.05) is 6.54 Å². The largest absolute Gasteiger partial charge is 0.481 e. The Kier molecular flexibility index (Phi) is 5.09. The van der Waals surface area contributed by atoms with Crippen molar-refractivity contribution < 1.29 is 19.2 Å². The van der Waals surface area contributed by atoms with Gasteiger partial charge in [-0.05, 0) is 13.8 Å². The van der Waals surface area contributed by atoms with Gasteiger partial charge in [0.2, 0.25) is 5.89 Å². The third-order valence-corrected chi connectivity index (χ3v) is 2.05. The molecule has 1 aromatic heterocycles. The Morgan fingerprint density at radius 3 is 2.78 bits per heavy atom. The fraction of sp³-hybridized carbons (Fsp3) is 0.600. The lowest BCUT2D eigenvalue weighted by atomic mass is 10.2. The van der Waals surface area contributed by atoms with Crippen LogP contribution in [-0.4, -0.2) is 39.8 Å². The van der Waals surface area contributed by atoms with Crippen LogP contribution in [0.15, 0.2) is 4.52 Å². The van der Waals surface area contributed by atoms with E-state index >= 15 is 0 Å². The van der Waals surface area contributed by atoms with Crippen LogP contribution in [0, 0.1) is 6.92 Å². The first-order valence-electron chi connectivity index (χ1n) is 5.52. The van der Waals surface area contributed by atoms with Crippen LogP contribution in [0.3, 0.4) is 0 Å². The minimum Gasteiger partial charge on any atom is -0.481 e. The molecule has 1 rings (SSSR count). The maximum Gasteiger partial charge on any atom is 0.315 e. The van der Waals surface area contributed by atoms with E-state index in [0.717, 1.165) is 0 Å². The Balaban J connectivity index is 2.19. The Morgan fingerprint density at radius 1 is 1.50 bits per heavy atom. The van der Waals surface area contributed by atoms with Crippen LogP contribution >= 0.6 is 0 Å². The zero-order valence-electron chi connectivity index (χ0n) is 10.3. The van der Waals surface area contributed by atoms with Gasteiger partial charge in [0.15, 0.2) is 5.82 Å². The highest BCUT2D eigenvalue weighted by Crippen LogP contribution is 1.95. The van der Waals surface area contributed by atoms with E-state index in [1.807, 2.05) is 0 Å². The van der Waals surface area contributed by atoms with Gasteiger partial charge in [-0.2, -0.15) is 4.98 Å². The summed E-state index contributed by atoms with van der Waals surface area (Å²) in [5.74, 6) is 0.0417. The van der Waals surface area contributed by atoms with Gasteiger partial charge in [-0.1, -0.05) is 5.16 Å². The number of hydrogen-bond donors (Lipinski definition) is 3. The third-order valence-electron chi connectivity index (χ3n) is 2.05. The second kappa shape index (κ2) is 6.58. The highest BCUT2D eigenvalue weighted by molar-refractivity contribution is 5.75. The fourth-order valence-electron chi connectivity index (χ4n) is 1.31. The summed E-state index contributed by atoms with van der Waals surface area (Å²) in [5, 5.41) is 17.2. The molecule has 0 fully saturated rings. The predicted octanol–water partition coefficient (Wildman–Crippen LogP) is 0.0829. The van der Waals surface area contributed by atoms with Gasteiger partial charge in [0.1, 0.15) is 0 Å². The number of carbonyl (C=O) groups excluding carboxylic acids is 1. The lowest BCUT2D eigenvalue weighted by Crippen LogP contribution is -2.42. The molecule has 1 heterocycles. The van der Waals surface area contributed by atoms with Crippen molar-refractivity contribution in [3.05, 3.63) is 11.7 Å². The van der Waals surface area contributed by atoms with Crippen molar-refractivity contribution >= 4 is 12.0 Å². The molecule has 0 spiro atoms. The van der Waals surface area contributed by atoms with E-state index in [0.29, 0.717) is 24.7 Å². The summed E-state index contributed by atoms with van der Waals surface area (Å²) in [6.07, 6.45) is 0.317. The molecule has 8 nitrogen and oxygen atoms in total. The Morgan fingerprint density at radius 2 is 2.22 bits per heavy atom. The maximum atomic E-state index is 11.3. The van der Waals surface area contributed by atoms with Crippen molar-refractivity contribution in [3.63, 3.8) is 0 Å². The number of aryl methyl sites for hydroxylation is 1. The minimum atomic E-state index is -0.955. The second-order valence-corrected chi connectivity index (χ2v) is 3.88. The van der Waals surface area contributed by atoms with Crippen molar-refractivity contribution in [2.24, 2.45) is 0 Å². The van der Waals surface area contributed by atoms with E-state index in [9.17, 15) is 9.59 Å². The molecule has 1 atom stereocenters. The lowest BCUT2D eigenvalue weighted by molar-refractivity contribution is -0.137. The summed E-state index contributed by atoms with van der Waals surface area (Å²) in [5.41, 5.74) is 0. The number of carboxylic acid groups (broad SMARTS) is 1. The molecule has 0 aliphatic heterocycles. The lowest BCUT2D eigenvalue weighted by Gasteiger charge is -2.11. The number of aromatic nitrogens is 2. The minimum absolute atomic E-state index is 0.115. The van der Waals surface area contributed by atoms with Crippen molar-refractivity contribution in [3.8, 4) is 0 Å². The first-order valence-corrected chi connectivity index (χ1v) is 5.52. The molecule has 0 saturated heterocycles. The smallest absolute Gasteiger partial charge is 0.315 e. The van der Waals surface area contributed by atoms with E-state index in [1.165, 1.54) is 0 Å². The van der Waals surface area contributed by atoms with Crippen molar-refractivity contribution in [2.45, 2.75) is 32.7 Å². The molecule has 0 aliphatic rings. The molecule has 0 bridgehead atoms. The number of carbonyl (C=O) groups is 2. The molecule has 0 radical (unpaired) electrons. The molecule has 0 saturated carbocycles. The predicted molar refractivity (Wildman–Crippen MR) is 61.0 cm³/mol. The number of aliphatic carboxylic acids is 1. The summed E-state index contributed by atoms with van der Waals surface area (Å²) in [6, 6.07) is -0.840. The fourth-order valence-corrected chi connectivity index (χ4v) is 1.31. The summed E-state index contributed by atoms with van der Waals surface area (Å²) < 4.78 is 4.87. The molecule has 18 heavy (non-hydrogen) atoms. The molecule has 2 amide bonds. The Bertz CT molecular complexity index is 418. The van der Waals surface area contributed by atoms with Crippen LogP contribution in [0.25, 0.3) is 0 Å². The van der Waals surface area contributed by atoms with Crippen molar-refractivity contribution in [1.82, 2.24) is 20.8 Å². The van der Waals surface area contributed by atoms with Gasteiger partial charge in [0, 0.05) is 19.0 Å². The number of hydrogen-bond acceptors (Lipinski definition) is 5. The highest BCUT2D eigenvalue weighted by Gasteiger charge is 2.10. The van der Waals surface area contributed by atoms with E-state index in [2.05, 4.69) is 20.8 Å². The van der Waals surface area contributed by atoms with Gasteiger partial charge in [0.05, 0.1) is 6.42 Å². The average molecular weight is 256 g/mol. The first-order chi connectivity index (χ1) is 8.47. The number of amides is 2. The van der Waals surface area contributed by atoms with Gasteiger partial charge < -0.3 is 20.3 Å². The normalized spacial score (nSPS) is 11.9. The molecule has 3 N–H and O–H groups in total. The topological polar surface area (TPSA) is 117 Å². The quantitative estimate of drug-likeness (QED) is 0.663. The number of urea groups is 1. The summed E-state index contributed by atoms with van der Waals surface area (Å²) in [4.78, 5) is 25.7. The van der Waals surface area contributed by atoms with E-state index in [4.69, 9.17) is 9.63 Å². The van der Waals surface area contributed by atoms with Crippen LogP contribution in [0.1, 0.15) is 25.1 Å². The molecular formula is C10H16N4O4. The zero-order chi connectivity index (χ0) is 13.5. The van der Waals surface area contributed by atoms with Gasteiger partial charge in [-0.25, -0.2) is 4.79 Å². The summed E-state index contributed by atoms with van der Waals surface area (Å²) >= 11 is 0. The highest BCUT2D eigenvalue weighted by atomic mass is 16.5. The number of carboxylic acids is 1. The summed E-state index contributed by atoms with van der Waals surface area (Å²) in [6.45, 7) is 3.67. The van der Waals surface area contributed by atoms with Crippen LogP contribution in [0.2, 0.25) is 0 Å². The van der Waals surface area contributed by atoms with Gasteiger partial charge >= 0.3 is 12.0 Å². The monoisotopic (exact) mass is 256 g/mol. The van der Waals surface area contributed by atoms with Gasteiger partial charge in [0.25, 0.3) is 0 Å². The van der Waals surface area contributed by atoms with Crippen LogP contribution < -0.4 is 10.6 Å². The molecular weight excluding hydrogens is 240 g/mol. The van der Waals surface area contributed by atoms with Crippen LogP contribution in [0.4, 0.5) is 4.79 Å². The maximum absolute atomic E-state index is 11.3. The number of nitrogens with one attached hydrogen (secondary N) is 2. The molecule has 0 aromatic carbocycles. The SMILES string of the molecule is Cc1noc(CCNC(=O)NC(C)CC(=O)O)n1. The average Bonchev–Trinajstić information content (AvgIpc) is 2.62. The van der Waals surface area contributed by atoms with Crippen molar-refractivity contribution in [1.29, 1.82) is 0 Å². The molecule has 100 valence electrons. The van der Waals surface area contributed by atoms with Crippen LogP contribution in [-0.2, 0) is 11.2 Å². The summed E-state index contributed by atoms with van der Waals surface area (Å²) in [7, 11) is 0. The van der Waals surface area contributed by atoms with Gasteiger partial charge in [-0.15, -0.1) is 0 Å². The molecule has 0 aliphatic carbocycles. The second-order valence-electron chi connectivity index (χ2n) is 3.88. The van der Waals surface area contributed by atoms with Gasteiger partial charge in [-0.3, -0.25) is 4.79 Å². The third kappa shape index (κ3) is 5.28. The molecule has 8 heteroatoms. The van der Waals surface area contributed by atoms with E-state index in [1.54, 1.807) is 13.8 Å². The zero-order valence-corrected chi connectivity index (χ0v) is 10.3. The van der Waals surface area contributed by atoms with Crippen LogP contribution in [0.5, 0.6) is 0 Å².